The Morgan fingerprint density at radius 1 is 1.11 bits per heavy atom. The van der Waals surface area contributed by atoms with Gasteiger partial charge in [0.2, 0.25) is 0 Å². The van der Waals surface area contributed by atoms with Gasteiger partial charge in [-0.15, -0.1) is 11.8 Å². The summed E-state index contributed by atoms with van der Waals surface area (Å²) in [6.07, 6.45) is 0. The number of halogens is 2. The number of esters is 1. The smallest absolute Gasteiger partial charge is 0.316 e. The minimum absolute atomic E-state index is 0.0116. The Morgan fingerprint density at radius 2 is 1.81 bits per heavy atom. The van der Waals surface area contributed by atoms with E-state index in [-0.39, 0.29) is 10.6 Å². The molecule has 0 aliphatic rings. The van der Waals surface area contributed by atoms with Gasteiger partial charge in [0.1, 0.15) is 11.6 Å². The van der Waals surface area contributed by atoms with Gasteiger partial charge in [0.15, 0.2) is 6.61 Å². The van der Waals surface area contributed by atoms with E-state index in [1.54, 1.807) is 0 Å². The van der Waals surface area contributed by atoms with Crippen LogP contribution in [0.1, 0.15) is 5.56 Å². The number of ether oxygens (including phenoxy) is 1. The first-order valence-electron chi connectivity index (χ1n) is 8.11. The minimum atomic E-state index is -0.686. The summed E-state index contributed by atoms with van der Waals surface area (Å²) in [4.78, 5) is 25.4. The Kier molecular flexibility index (Phi) is 7.60. The van der Waals surface area contributed by atoms with Crippen molar-refractivity contribution >= 4 is 29.3 Å². The number of carbonyl (C=O) groups is 2. The van der Waals surface area contributed by atoms with E-state index in [1.165, 1.54) is 0 Å². The SMILES string of the molecule is CN(C)c1ccc(CNC(=O)COC(=O)CSc2cc(F)ccc2F)cc1. The number of nitrogens with one attached hydrogen (secondary N) is 1. The second-order valence-electron chi connectivity index (χ2n) is 5.86. The molecule has 1 amide bonds. The van der Waals surface area contributed by atoms with Gasteiger partial charge >= 0.3 is 5.97 Å². The second kappa shape index (κ2) is 9.91. The number of thioether (sulfide) groups is 1. The Balaban J connectivity index is 1.70. The maximum atomic E-state index is 13.5. The number of rotatable bonds is 8. The summed E-state index contributed by atoms with van der Waals surface area (Å²) in [5.74, 6) is -2.56. The van der Waals surface area contributed by atoms with Crippen molar-refractivity contribution in [3.8, 4) is 0 Å². The lowest BCUT2D eigenvalue weighted by Crippen LogP contribution is -2.28. The molecule has 5 nitrogen and oxygen atoms in total. The van der Waals surface area contributed by atoms with Crippen LogP contribution >= 0.6 is 11.8 Å². The van der Waals surface area contributed by atoms with Crippen LogP contribution in [0.3, 0.4) is 0 Å². The molecule has 2 aromatic rings. The molecule has 0 bridgehead atoms. The number of benzene rings is 2. The lowest BCUT2D eigenvalue weighted by Gasteiger charge is -2.13. The van der Waals surface area contributed by atoms with Crippen LogP contribution in [-0.4, -0.2) is 38.3 Å². The Labute approximate surface area is 160 Å². The zero-order chi connectivity index (χ0) is 19.8. The molecule has 144 valence electrons. The molecule has 0 fully saturated rings. The van der Waals surface area contributed by atoms with Crippen LogP contribution in [0, 0.1) is 11.6 Å². The molecule has 0 aliphatic heterocycles. The van der Waals surface area contributed by atoms with Crippen molar-refractivity contribution in [1.29, 1.82) is 0 Å². The summed E-state index contributed by atoms with van der Waals surface area (Å²) < 4.78 is 31.4. The van der Waals surface area contributed by atoms with Gasteiger partial charge < -0.3 is 15.0 Å². The van der Waals surface area contributed by atoms with Gasteiger partial charge in [-0.05, 0) is 35.9 Å². The topological polar surface area (TPSA) is 58.6 Å². The van der Waals surface area contributed by atoms with Crippen molar-refractivity contribution in [2.75, 3.05) is 31.4 Å². The highest BCUT2D eigenvalue weighted by atomic mass is 32.2. The molecule has 0 saturated heterocycles. The maximum Gasteiger partial charge on any atom is 0.316 e. The number of hydrogen-bond acceptors (Lipinski definition) is 5. The summed E-state index contributed by atoms with van der Waals surface area (Å²) in [5.41, 5.74) is 1.96. The number of nitrogens with zero attached hydrogens (tertiary/aromatic N) is 1. The molecular formula is C19H20F2N2O3S. The van der Waals surface area contributed by atoms with E-state index >= 15 is 0 Å². The van der Waals surface area contributed by atoms with E-state index in [9.17, 15) is 18.4 Å². The third-order valence-corrected chi connectivity index (χ3v) is 4.55. The van der Waals surface area contributed by atoms with E-state index in [1.807, 2.05) is 43.3 Å². The van der Waals surface area contributed by atoms with Crippen LogP contribution in [0.25, 0.3) is 0 Å². The van der Waals surface area contributed by atoms with Crippen molar-refractivity contribution < 1.29 is 23.1 Å². The van der Waals surface area contributed by atoms with Crippen molar-refractivity contribution in [3.05, 3.63) is 59.7 Å². The van der Waals surface area contributed by atoms with Crippen molar-refractivity contribution in [2.24, 2.45) is 0 Å². The van der Waals surface area contributed by atoms with Crippen molar-refractivity contribution in [2.45, 2.75) is 11.4 Å². The lowest BCUT2D eigenvalue weighted by molar-refractivity contribution is -0.145. The predicted octanol–water partition coefficient (Wildman–Crippen LogP) is 2.98. The van der Waals surface area contributed by atoms with Crippen LogP contribution in [0.5, 0.6) is 0 Å². The molecular weight excluding hydrogens is 374 g/mol. The van der Waals surface area contributed by atoms with Gasteiger partial charge in [0.25, 0.3) is 5.91 Å². The van der Waals surface area contributed by atoms with Crippen molar-refractivity contribution in [1.82, 2.24) is 5.32 Å². The van der Waals surface area contributed by atoms with E-state index < -0.39 is 30.1 Å². The first kappa shape index (κ1) is 20.7. The van der Waals surface area contributed by atoms with Gasteiger partial charge in [-0.25, -0.2) is 8.78 Å². The zero-order valence-corrected chi connectivity index (χ0v) is 15.8. The molecule has 0 heterocycles. The summed E-state index contributed by atoms with van der Waals surface area (Å²) in [7, 11) is 3.87. The fourth-order valence-electron chi connectivity index (χ4n) is 2.08. The second-order valence-corrected chi connectivity index (χ2v) is 6.88. The summed E-state index contributed by atoms with van der Waals surface area (Å²) in [6, 6.07) is 10.6. The Hall–Kier alpha value is -2.61. The van der Waals surface area contributed by atoms with Gasteiger partial charge in [-0.3, -0.25) is 9.59 Å². The van der Waals surface area contributed by atoms with Gasteiger partial charge in [-0.2, -0.15) is 0 Å². The van der Waals surface area contributed by atoms with Gasteiger partial charge in [-0.1, -0.05) is 12.1 Å². The monoisotopic (exact) mass is 394 g/mol. The average molecular weight is 394 g/mol. The van der Waals surface area contributed by atoms with Crippen LogP contribution in [0.2, 0.25) is 0 Å². The van der Waals surface area contributed by atoms with Crippen LogP contribution in [0.15, 0.2) is 47.4 Å². The maximum absolute atomic E-state index is 13.5. The molecule has 0 radical (unpaired) electrons. The number of carbonyl (C=O) groups excluding carboxylic acids is 2. The summed E-state index contributed by atoms with van der Waals surface area (Å²) >= 11 is 0.810. The van der Waals surface area contributed by atoms with Crippen LogP contribution in [0.4, 0.5) is 14.5 Å². The molecule has 0 unspecified atom stereocenters. The standard InChI is InChI=1S/C19H20F2N2O3S/c1-23(2)15-6-3-13(4-7-15)10-22-18(24)11-26-19(25)12-27-17-9-14(20)5-8-16(17)21/h3-9H,10-12H2,1-2H3,(H,22,24). The molecule has 0 aliphatic carbocycles. The van der Waals surface area contributed by atoms with Gasteiger partial charge in [0, 0.05) is 31.2 Å². The predicted molar refractivity (Wildman–Crippen MR) is 101 cm³/mol. The number of anilines is 1. The highest BCUT2D eigenvalue weighted by Crippen LogP contribution is 2.22. The number of amides is 1. The number of hydrogen-bond donors (Lipinski definition) is 1. The zero-order valence-electron chi connectivity index (χ0n) is 15.0. The van der Waals surface area contributed by atoms with Gasteiger partial charge in [0.05, 0.1) is 5.75 Å². The molecule has 0 aromatic heterocycles. The third kappa shape index (κ3) is 6.90. The molecule has 8 heteroatoms. The van der Waals surface area contributed by atoms with Crippen LogP contribution in [-0.2, 0) is 20.9 Å². The summed E-state index contributed by atoms with van der Waals surface area (Å²) in [5, 5.41) is 2.65. The largest absolute Gasteiger partial charge is 0.455 e. The lowest BCUT2D eigenvalue weighted by atomic mass is 10.2. The minimum Gasteiger partial charge on any atom is -0.455 e. The Bertz CT molecular complexity index is 798. The fraction of sp³-hybridized carbons (Fsp3) is 0.263. The van der Waals surface area contributed by atoms with E-state index in [0.29, 0.717) is 6.54 Å². The molecule has 2 rings (SSSR count). The summed E-state index contributed by atoms with van der Waals surface area (Å²) in [6.45, 7) is -0.117. The highest BCUT2D eigenvalue weighted by molar-refractivity contribution is 8.00. The molecule has 0 spiro atoms. The average Bonchev–Trinajstić information content (AvgIpc) is 2.65. The van der Waals surface area contributed by atoms with E-state index in [0.717, 1.165) is 41.2 Å². The van der Waals surface area contributed by atoms with Crippen molar-refractivity contribution in [3.63, 3.8) is 0 Å². The van der Waals surface area contributed by atoms with Crippen LogP contribution < -0.4 is 10.2 Å². The molecule has 0 saturated carbocycles. The first-order chi connectivity index (χ1) is 12.8. The highest BCUT2D eigenvalue weighted by Gasteiger charge is 2.11. The molecule has 2 aromatic carbocycles. The Morgan fingerprint density at radius 3 is 2.48 bits per heavy atom. The van der Waals surface area contributed by atoms with E-state index in [2.05, 4.69) is 5.32 Å². The molecule has 27 heavy (non-hydrogen) atoms. The quantitative estimate of drug-likeness (QED) is 0.551. The normalized spacial score (nSPS) is 10.4. The first-order valence-corrected chi connectivity index (χ1v) is 9.10. The third-order valence-electron chi connectivity index (χ3n) is 3.55. The van der Waals surface area contributed by atoms with E-state index in [4.69, 9.17) is 4.74 Å². The molecule has 1 N–H and O–H groups in total. The molecule has 0 atom stereocenters. The fourth-order valence-corrected chi connectivity index (χ4v) is 2.83.